The molecule has 1 aromatic heterocycles. The van der Waals surface area contributed by atoms with Crippen molar-refractivity contribution in [1.82, 2.24) is 19.9 Å². The lowest BCUT2D eigenvalue weighted by atomic mass is 10.1. The van der Waals surface area contributed by atoms with Crippen LogP contribution in [0.5, 0.6) is 0 Å². The zero-order valence-corrected chi connectivity index (χ0v) is 16.0. The summed E-state index contributed by atoms with van der Waals surface area (Å²) in [4.78, 5) is 31.1. The van der Waals surface area contributed by atoms with Crippen LogP contribution in [-0.4, -0.2) is 77.5 Å². The van der Waals surface area contributed by atoms with Crippen molar-refractivity contribution in [2.75, 3.05) is 45.8 Å². The minimum Gasteiger partial charge on any atom is -0.361 e. The average molecular weight is 362 g/mol. The van der Waals surface area contributed by atoms with Crippen LogP contribution in [0.1, 0.15) is 42.7 Å². The minimum atomic E-state index is 0.109. The molecular weight excluding hydrogens is 332 g/mol. The summed E-state index contributed by atoms with van der Waals surface area (Å²) < 4.78 is 5.14. The number of hydrogen-bond donors (Lipinski definition) is 0. The lowest BCUT2D eigenvalue weighted by molar-refractivity contribution is -0.134. The first-order valence-electron chi connectivity index (χ1n) is 9.74. The third-order valence-corrected chi connectivity index (χ3v) is 5.55. The SMILES string of the molecule is Cc1noc(C)c1CC(=O)N1CCN(CC(=O)N2CCCCCC2)CC1. The Labute approximate surface area is 155 Å². The molecule has 1 aromatic rings. The number of hydrogen-bond acceptors (Lipinski definition) is 5. The number of rotatable bonds is 4. The van der Waals surface area contributed by atoms with Crippen LogP contribution in [-0.2, 0) is 16.0 Å². The largest absolute Gasteiger partial charge is 0.361 e. The fraction of sp³-hybridized carbons (Fsp3) is 0.737. The van der Waals surface area contributed by atoms with Crippen LogP contribution >= 0.6 is 0 Å². The van der Waals surface area contributed by atoms with Crippen molar-refractivity contribution in [2.45, 2.75) is 46.0 Å². The molecule has 2 aliphatic heterocycles. The van der Waals surface area contributed by atoms with E-state index in [1.807, 2.05) is 23.6 Å². The van der Waals surface area contributed by atoms with Gasteiger partial charge in [0.2, 0.25) is 11.8 Å². The van der Waals surface area contributed by atoms with E-state index in [9.17, 15) is 9.59 Å². The predicted octanol–water partition coefficient (Wildman–Crippen LogP) is 1.38. The third-order valence-electron chi connectivity index (χ3n) is 5.55. The molecule has 0 aliphatic carbocycles. The Morgan fingerprint density at radius 3 is 2.08 bits per heavy atom. The van der Waals surface area contributed by atoms with Crippen LogP contribution in [0.2, 0.25) is 0 Å². The van der Waals surface area contributed by atoms with E-state index in [4.69, 9.17) is 4.52 Å². The van der Waals surface area contributed by atoms with Crippen molar-refractivity contribution in [3.63, 3.8) is 0 Å². The monoisotopic (exact) mass is 362 g/mol. The standard InChI is InChI=1S/C19H30N4O3/c1-15-17(16(2)26-20-15)13-18(24)23-11-9-21(10-12-23)14-19(25)22-7-5-3-4-6-8-22/h3-14H2,1-2H3. The van der Waals surface area contributed by atoms with Gasteiger partial charge in [0.15, 0.2) is 0 Å². The zero-order chi connectivity index (χ0) is 18.5. The number of likely N-dealkylation sites (tertiary alicyclic amines) is 1. The second-order valence-electron chi connectivity index (χ2n) is 7.43. The summed E-state index contributed by atoms with van der Waals surface area (Å²) in [6, 6.07) is 0. The van der Waals surface area contributed by atoms with E-state index < -0.39 is 0 Å². The highest BCUT2D eigenvalue weighted by atomic mass is 16.5. The molecule has 2 amide bonds. The number of amides is 2. The number of carbonyl (C=O) groups excluding carboxylic acids is 2. The van der Waals surface area contributed by atoms with Gasteiger partial charge in [0, 0.05) is 44.8 Å². The molecule has 7 heteroatoms. The molecule has 7 nitrogen and oxygen atoms in total. The summed E-state index contributed by atoms with van der Waals surface area (Å²) in [5, 5.41) is 3.91. The van der Waals surface area contributed by atoms with Crippen molar-refractivity contribution >= 4 is 11.8 Å². The van der Waals surface area contributed by atoms with Gasteiger partial charge in [-0.15, -0.1) is 0 Å². The van der Waals surface area contributed by atoms with Gasteiger partial charge in [-0.1, -0.05) is 18.0 Å². The Kier molecular flexibility index (Phi) is 6.29. The average Bonchev–Trinajstić information content (AvgIpc) is 2.85. The second kappa shape index (κ2) is 8.66. The quantitative estimate of drug-likeness (QED) is 0.809. The maximum Gasteiger partial charge on any atom is 0.236 e. The van der Waals surface area contributed by atoms with Gasteiger partial charge < -0.3 is 14.3 Å². The minimum absolute atomic E-state index is 0.109. The van der Waals surface area contributed by atoms with Crippen molar-refractivity contribution in [1.29, 1.82) is 0 Å². The summed E-state index contributed by atoms with van der Waals surface area (Å²) in [6.07, 6.45) is 5.05. The topological polar surface area (TPSA) is 69.9 Å². The predicted molar refractivity (Wildman–Crippen MR) is 97.7 cm³/mol. The van der Waals surface area contributed by atoms with Crippen molar-refractivity contribution in [3.05, 3.63) is 17.0 Å². The Bertz CT molecular complexity index is 607. The maximum absolute atomic E-state index is 12.5. The molecule has 2 aliphatic rings. The van der Waals surface area contributed by atoms with Crippen molar-refractivity contribution < 1.29 is 14.1 Å². The summed E-state index contributed by atoms with van der Waals surface area (Å²) in [5.41, 5.74) is 1.69. The first-order valence-corrected chi connectivity index (χ1v) is 9.74. The highest BCUT2D eigenvalue weighted by Gasteiger charge is 2.25. The lowest BCUT2D eigenvalue weighted by Gasteiger charge is -2.35. The van der Waals surface area contributed by atoms with Gasteiger partial charge in [0.1, 0.15) is 5.76 Å². The first-order chi connectivity index (χ1) is 12.5. The summed E-state index contributed by atoms with van der Waals surface area (Å²) in [5.74, 6) is 1.07. The van der Waals surface area contributed by atoms with Gasteiger partial charge in [-0.25, -0.2) is 0 Å². The molecule has 0 spiro atoms. The molecule has 0 unspecified atom stereocenters. The second-order valence-corrected chi connectivity index (χ2v) is 7.43. The first kappa shape index (κ1) is 18.9. The molecule has 2 fully saturated rings. The molecule has 0 saturated carbocycles. The molecule has 3 heterocycles. The fourth-order valence-electron chi connectivity index (χ4n) is 3.78. The van der Waals surface area contributed by atoms with Gasteiger partial charge in [0.05, 0.1) is 18.7 Å². The van der Waals surface area contributed by atoms with Gasteiger partial charge >= 0.3 is 0 Å². The van der Waals surface area contributed by atoms with E-state index in [-0.39, 0.29) is 11.8 Å². The van der Waals surface area contributed by atoms with Crippen LogP contribution in [0.3, 0.4) is 0 Å². The van der Waals surface area contributed by atoms with Crippen LogP contribution in [0.15, 0.2) is 4.52 Å². The van der Waals surface area contributed by atoms with Crippen LogP contribution in [0.4, 0.5) is 0 Å². The van der Waals surface area contributed by atoms with Gasteiger partial charge in [-0.2, -0.15) is 0 Å². The molecule has 3 rings (SSSR count). The lowest BCUT2D eigenvalue weighted by Crippen LogP contribution is -2.52. The molecule has 144 valence electrons. The summed E-state index contributed by atoms with van der Waals surface area (Å²) >= 11 is 0. The van der Waals surface area contributed by atoms with Gasteiger partial charge in [0.25, 0.3) is 0 Å². The number of aryl methyl sites for hydroxylation is 2. The van der Waals surface area contributed by atoms with Crippen LogP contribution in [0, 0.1) is 13.8 Å². The molecular formula is C19H30N4O3. The normalized spacial score (nSPS) is 19.5. The molecule has 0 bridgehead atoms. The van der Waals surface area contributed by atoms with Crippen molar-refractivity contribution in [2.24, 2.45) is 0 Å². The van der Waals surface area contributed by atoms with E-state index in [1.165, 1.54) is 12.8 Å². The fourth-order valence-corrected chi connectivity index (χ4v) is 3.78. The Morgan fingerprint density at radius 1 is 0.885 bits per heavy atom. The van der Waals surface area contributed by atoms with E-state index in [2.05, 4.69) is 10.1 Å². The molecule has 0 aromatic carbocycles. The number of aromatic nitrogens is 1. The van der Waals surface area contributed by atoms with Crippen LogP contribution < -0.4 is 0 Å². The molecule has 0 radical (unpaired) electrons. The molecule has 0 atom stereocenters. The number of nitrogens with zero attached hydrogens (tertiary/aromatic N) is 4. The Hall–Kier alpha value is -1.89. The van der Waals surface area contributed by atoms with Gasteiger partial charge in [-0.05, 0) is 26.7 Å². The van der Waals surface area contributed by atoms with Gasteiger partial charge in [-0.3, -0.25) is 14.5 Å². The smallest absolute Gasteiger partial charge is 0.236 e. The highest BCUT2D eigenvalue weighted by molar-refractivity contribution is 5.80. The Balaban J connectivity index is 1.45. The summed E-state index contributed by atoms with van der Waals surface area (Å²) in [6.45, 7) is 8.85. The molecule has 0 N–H and O–H groups in total. The van der Waals surface area contributed by atoms with E-state index in [0.29, 0.717) is 26.1 Å². The highest BCUT2D eigenvalue weighted by Crippen LogP contribution is 2.15. The number of piperazine rings is 1. The third kappa shape index (κ3) is 4.63. The Morgan fingerprint density at radius 2 is 1.50 bits per heavy atom. The zero-order valence-electron chi connectivity index (χ0n) is 16.0. The summed E-state index contributed by atoms with van der Waals surface area (Å²) in [7, 11) is 0. The maximum atomic E-state index is 12.5. The van der Waals surface area contributed by atoms with Crippen molar-refractivity contribution in [3.8, 4) is 0 Å². The molecule has 2 saturated heterocycles. The van der Waals surface area contributed by atoms with Crippen LogP contribution in [0.25, 0.3) is 0 Å². The van der Waals surface area contributed by atoms with E-state index in [1.54, 1.807) is 0 Å². The van der Waals surface area contributed by atoms with E-state index >= 15 is 0 Å². The number of carbonyl (C=O) groups is 2. The molecule has 26 heavy (non-hydrogen) atoms. The van der Waals surface area contributed by atoms with E-state index in [0.717, 1.165) is 56.0 Å².